The van der Waals surface area contributed by atoms with Gasteiger partial charge in [0.05, 0.1) is 0 Å². The number of hydrogen-bond donors (Lipinski definition) is 4. The van der Waals surface area contributed by atoms with Crippen LogP contribution in [0.15, 0.2) is 29.2 Å². The van der Waals surface area contributed by atoms with E-state index in [0.29, 0.717) is 12.4 Å². The topological polar surface area (TPSA) is 61.9 Å². The quantitative estimate of drug-likeness (QED) is 0.261. The molecule has 0 amide bonds. The van der Waals surface area contributed by atoms with Crippen LogP contribution in [0.4, 0.5) is 0 Å². The number of nitrogens with one attached hydrogen (secondary N) is 2. The first kappa shape index (κ1) is 11.1. The Morgan fingerprint density at radius 2 is 2.29 bits per heavy atom. The van der Waals surface area contributed by atoms with Gasteiger partial charge in [0.1, 0.15) is 5.84 Å². The molecule has 0 fully saturated rings. The number of thiol groups is 1. The van der Waals surface area contributed by atoms with Crippen molar-refractivity contribution < 1.29 is 0 Å². The minimum Gasteiger partial charge on any atom is -0.370 e. The van der Waals surface area contributed by atoms with Crippen LogP contribution < -0.4 is 11.1 Å². The van der Waals surface area contributed by atoms with Crippen LogP contribution >= 0.6 is 12.6 Å². The first-order chi connectivity index (χ1) is 6.74. The summed E-state index contributed by atoms with van der Waals surface area (Å²) in [7, 11) is 0. The zero-order valence-corrected chi connectivity index (χ0v) is 8.85. The summed E-state index contributed by atoms with van der Waals surface area (Å²) in [5.41, 5.74) is 6.21. The van der Waals surface area contributed by atoms with E-state index in [2.05, 4.69) is 17.9 Å². The van der Waals surface area contributed by atoms with Gasteiger partial charge in [-0.1, -0.05) is 12.1 Å². The highest BCUT2D eigenvalue weighted by Gasteiger charge is 1.99. The van der Waals surface area contributed by atoms with Gasteiger partial charge < -0.3 is 11.1 Å². The molecule has 4 N–H and O–H groups in total. The molecule has 0 atom stereocenters. The van der Waals surface area contributed by atoms with Gasteiger partial charge in [-0.05, 0) is 25.1 Å². The van der Waals surface area contributed by atoms with Crippen LogP contribution in [-0.2, 0) is 0 Å². The zero-order valence-electron chi connectivity index (χ0n) is 7.96. The summed E-state index contributed by atoms with van der Waals surface area (Å²) < 4.78 is 0. The third kappa shape index (κ3) is 3.40. The maximum atomic E-state index is 7.72. The second-order valence-electron chi connectivity index (χ2n) is 2.99. The molecule has 0 saturated heterocycles. The smallest absolute Gasteiger partial charge is 0.125 e. The van der Waals surface area contributed by atoms with Gasteiger partial charge in [0.15, 0.2) is 0 Å². The third-order valence-corrected chi connectivity index (χ3v) is 2.10. The normalized spacial score (nSPS) is 9.86. The minimum absolute atomic E-state index is 0.425. The van der Waals surface area contributed by atoms with Crippen molar-refractivity contribution in [2.24, 2.45) is 5.73 Å². The van der Waals surface area contributed by atoms with Gasteiger partial charge in [0.2, 0.25) is 0 Å². The highest BCUT2D eigenvalue weighted by Crippen LogP contribution is 2.08. The van der Waals surface area contributed by atoms with E-state index < -0.39 is 0 Å². The fraction of sp³-hybridized carbons (Fsp3) is 0.300. The summed E-state index contributed by atoms with van der Waals surface area (Å²) in [5.74, 6) is 0.425. The summed E-state index contributed by atoms with van der Waals surface area (Å²) in [6.07, 6.45) is 0.878. The van der Waals surface area contributed by atoms with E-state index in [4.69, 9.17) is 11.1 Å². The SMILES string of the molecule is N=C(NCCCN)c1cccc(S)c1. The van der Waals surface area contributed by atoms with Crippen LogP contribution in [0.5, 0.6) is 0 Å². The van der Waals surface area contributed by atoms with E-state index in [1.54, 1.807) is 0 Å². The lowest BCUT2D eigenvalue weighted by Gasteiger charge is -2.07. The van der Waals surface area contributed by atoms with Crippen molar-refractivity contribution in [3.05, 3.63) is 29.8 Å². The molecule has 0 aromatic heterocycles. The summed E-state index contributed by atoms with van der Waals surface area (Å²) in [4.78, 5) is 0.868. The van der Waals surface area contributed by atoms with E-state index in [1.807, 2.05) is 24.3 Å². The standard InChI is InChI=1S/C10H15N3S/c11-5-2-6-13-10(12)8-3-1-4-9(14)7-8/h1,3-4,7,14H,2,5-6,11H2,(H2,12,13). The van der Waals surface area contributed by atoms with E-state index in [-0.39, 0.29) is 0 Å². The Hall–Kier alpha value is -1.00. The number of benzene rings is 1. The molecule has 76 valence electrons. The van der Waals surface area contributed by atoms with Gasteiger partial charge in [-0.2, -0.15) is 0 Å². The summed E-state index contributed by atoms with van der Waals surface area (Å²) in [6.45, 7) is 1.39. The van der Waals surface area contributed by atoms with Gasteiger partial charge in [0.25, 0.3) is 0 Å². The number of hydrogen-bond acceptors (Lipinski definition) is 3. The van der Waals surface area contributed by atoms with E-state index in [0.717, 1.165) is 23.4 Å². The van der Waals surface area contributed by atoms with Crippen molar-refractivity contribution in [1.29, 1.82) is 5.41 Å². The lowest BCUT2D eigenvalue weighted by molar-refractivity contribution is 0.781. The van der Waals surface area contributed by atoms with E-state index in [9.17, 15) is 0 Å². The van der Waals surface area contributed by atoms with Crippen LogP contribution in [-0.4, -0.2) is 18.9 Å². The fourth-order valence-electron chi connectivity index (χ4n) is 1.08. The Balaban J connectivity index is 2.52. The second kappa shape index (κ2) is 5.67. The number of nitrogens with two attached hydrogens (primary N) is 1. The van der Waals surface area contributed by atoms with Crippen LogP contribution in [0.3, 0.4) is 0 Å². The van der Waals surface area contributed by atoms with Gasteiger partial charge in [-0.25, -0.2) is 0 Å². The zero-order chi connectivity index (χ0) is 10.4. The van der Waals surface area contributed by atoms with Crippen LogP contribution in [0, 0.1) is 5.41 Å². The monoisotopic (exact) mass is 209 g/mol. The number of amidine groups is 1. The Bertz CT molecular complexity index is 312. The minimum atomic E-state index is 0.425. The Labute approximate surface area is 89.6 Å². The predicted molar refractivity (Wildman–Crippen MR) is 62.2 cm³/mol. The highest BCUT2D eigenvalue weighted by atomic mass is 32.1. The largest absolute Gasteiger partial charge is 0.370 e. The first-order valence-electron chi connectivity index (χ1n) is 4.56. The predicted octanol–water partition coefficient (Wildman–Crippen LogP) is 1.24. The van der Waals surface area contributed by atoms with Crippen molar-refractivity contribution in [3.63, 3.8) is 0 Å². The van der Waals surface area contributed by atoms with Crippen molar-refractivity contribution in [2.75, 3.05) is 13.1 Å². The Morgan fingerprint density at radius 3 is 2.93 bits per heavy atom. The van der Waals surface area contributed by atoms with Crippen molar-refractivity contribution >= 4 is 18.5 Å². The Morgan fingerprint density at radius 1 is 1.50 bits per heavy atom. The molecule has 0 aliphatic rings. The molecule has 0 radical (unpaired) electrons. The van der Waals surface area contributed by atoms with E-state index >= 15 is 0 Å². The lowest BCUT2D eigenvalue weighted by Crippen LogP contribution is -2.25. The van der Waals surface area contributed by atoms with Gasteiger partial charge >= 0.3 is 0 Å². The molecule has 0 bridgehead atoms. The summed E-state index contributed by atoms with van der Waals surface area (Å²) in [6, 6.07) is 7.52. The molecule has 1 aromatic rings. The summed E-state index contributed by atoms with van der Waals surface area (Å²) in [5, 5.41) is 10.7. The molecule has 0 unspecified atom stereocenters. The van der Waals surface area contributed by atoms with Crippen molar-refractivity contribution in [3.8, 4) is 0 Å². The van der Waals surface area contributed by atoms with Gasteiger partial charge in [0, 0.05) is 17.0 Å². The van der Waals surface area contributed by atoms with Crippen molar-refractivity contribution in [2.45, 2.75) is 11.3 Å². The van der Waals surface area contributed by atoms with Crippen LogP contribution in [0.25, 0.3) is 0 Å². The van der Waals surface area contributed by atoms with Gasteiger partial charge in [-0.15, -0.1) is 12.6 Å². The summed E-state index contributed by atoms with van der Waals surface area (Å²) >= 11 is 4.21. The molecule has 0 aliphatic heterocycles. The molecule has 0 aliphatic carbocycles. The molecule has 3 nitrogen and oxygen atoms in total. The molecule has 14 heavy (non-hydrogen) atoms. The molecular weight excluding hydrogens is 194 g/mol. The molecule has 0 spiro atoms. The molecule has 1 aromatic carbocycles. The average molecular weight is 209 g/mol. The van der Waals surface area contributed by atoms with E-state index in [1.165, 1.54) is 0 Å². The first-order valence-corrected chi connectivity index (χ1v) is 5.00. The molecule has 0 saturated carbocycles. The maximum absolute atomic E-state index is 7.72. The fourth-order valence-corrected chi connectivity index (χ4v) is 1.30. The van der Waals surface area contributed by atoms with Gasteiger partial charge in [-0.3, -0.25) is 5.41 Å². The van der Waals surface area contributed by atoms with Crippen LogP contribution in [0.1, 0.15) is 12.0 Å². The second-order valence-corrected chi connectivity index (χ2v) is 3.51. The molecule has 4 heteroatoms. The molecule has 1 rings (SSSR count). The van der Waals surface area contributed by atoms with Crippen molar-refractivity contribution in [1.82, 2.24) is 5.32 Å². The highest BCUT2D eigenvalue weighted by molar-refractivity contribution is 7.80. The third-order valence-electron chi connectivity index (χ3n) is 1.82. The maximum Gasteiger partial charge on any atom is 0.125 e. The average Bonchev–Trinajstić information content (AvgIpc) is 2.18. The molecule has 0 heterocycles. The Kier molecular flexibility index (Phi) is 4.49. The molecular formula is C10H15N3S. The lowest BCUT2D eigenvalue weighted by atomic mass is 10.2. The van der Waals surface area contributed by atoms with Crippen LogP contribution in [0.2, 0.25) is 0 Å². The number of rotatable bonds is 4.